The fraction of sp³-hybridized carbons (Fsp3) is 0.234. The molecule has 6 heteroatoms. The Kier molecular flexibility index (Phi) is 6.14. The number of para-hydroxylation sites is 6. The summed E-state index contributed by atoms with van der Waals surface area (Å²) in [7, 11) is 0. The maximum Gasteiger partial charge on any atom is 0.178 e. The zero-order valence-corrected chi connectivity index (χ0v) is 30.6. The molecule has 0 bridgehead atoms. The van der Waals surface area contributed by atoms with Crippen LogP contribution in [0.25, 0.3) is 5.57 Å². The summed E-state index contributed by atoms with van der Waals surface area (Å²) in [6.45, 7) is 14.4. The highest BCUT2D eigenvalue weighted by molar-refractivity contribution is 5.97. The number of aromatic nitrogens is 2. The van der Waals surface area contributed by atoms with E-state index in [4.69, 9.17) is 16.5 Å². The molecule has 260 valence electrons. The van der Waals surface area contributed by atoms with Crippen LogP contribution in [0.2, 0.25) is 0 Å². The van der Waals surface area contributed by atoms with Gasteiger partial charge < -0.3 is 19.6 Å². The van der Waals surface area contributed by atoms with Crippen LogP contribution in [0.4, 0.5) is 45.8 Å². The molecule has 4 unspecified atom stereocenters. The molecule has 4 atom stereocenters. The Bertz CT molecular complexity index is 2470. The monoisotopic (exact) mass is 690 g/mol. The van der Waals surface area contributed by atoms with Gasteiger partial charge in [0.25, 0.3) is 0 Å². The minimum Gasteiger partial charge on any atom is -0.318 e. The molecule has 0 saturated carbocycles. The third-order valence-corrected chi connectivity index (χ3v) is 12.5. The smallest absolute Gasteiger partial charge is 0.178 e. The van der Waals surface area contributed by atoms with E-state index in [0.29, 0.717) is 0 Å². The van der Waals surface area contributed by atoms with Gasteiger partial charge in [0.2, 0.25) is 0 Å². The number of nitrogens with zero attached hydrogens (tertiary/aromatic N) is 6. The van der Waals surface area contributed by atoms with Crippen LogP contribution in [-0.2, 0) is 10.8 Å². The fourth-order valence-electron chi connectivity index (χ4n) is 10.8. The molecule has 0 N–H and O–H groups in total. The molecule has 11 rings (SSSR count). The van der Waals surface area contributed by atoms with Gasteiger partial charge in [-0.2, -0.15) is 0 Å². The predicted octanol–water partition coefficient (Wildman–Crippen LogP) is 11.1. The van der Waals surface area contributed by atoms with Gasteiger partial charge in [0.15, 0.2) is 11.6 Å². The van der Waals surface area contributed by atoms with Gasteiger partial charge in [-0.25, -0.2) is 9.97 Å². The number of hydrogen-bond donors (Lipinski definition) is 0. The van der Waals surface area contributed by atoms with Crippen LogP contribution in [0.15, 0.2) is 140 Å². The second kappa shape index (κ2) is 10.6. The number of hydrogen-bond acceptors (Lipinski definition) is 6. The molecule has 5 aliphatic rings. The summed E-state index contributed by atoms with van der Waals surface area (Å²) in [5.41, 5.74) is 12.7. The summed E-state index contributed by atoms with van der Waals surface area (Å²) in [5, 5.41) is 0. The van der Waals surface area contributed by atoms with Crippen molar-refractivity contribution in [1.29, 1.82) is 0 Å². The summed E-state index contributed by atoms with van der Waals surface area (Å²) < 4.78 is 0. The molecule has 6 aromatic rings. The van der Waals surface area contributed by atoms with E-state index in [0.717, 1.165) is 40.7 Å². The quantitative estimate of drug-likeness (QED) is 0.180. The van der Waals surface area contributed by atoms with Crippen molar-refractivity contribution in [3.8, 4) is 0 Å². The normalized spacial score (nSPS) is 23.6. The molecular formula is C47H42N6. The van der Waals surface area contributed by atoms with Gasteiger partial charge in [-0.15, -0.1) is 0 Å². The van der Waals surface area contributed by atoms with Crippen LogP contribution < -0.4 is 19.6 Å². The summed E-state index contributed by atoms with van der Waals surface area (Å²) in [6.07, 6.45) is 0.731. The lowest BCUT2D eigenvalue weighted by Gasteiger charge is -2.51. The van der Waals surface area contributed by atoms with Crippen LogP contribution in [0.3, 0.4) is 0 Å². The van der Waals surface area contributed by atoms with E-state index in [9.17, 15) is 0 Å². The van der Waals surface area contributed by atoms with E-state index in [1.54, 1.807) is 0 Å². The first-order chi connectivity index (χ1) is 25.7. The topological polar surface area (TPSA) is 38.7 Å². The van der Waals surface area contributed by atoms with Crippen LogP contribution in [0.5, 0.6) is 0 Å². The minimum absolute atomic E-state index is 0.00984. The average molecular weight is 691 g/mol. The first-order valence-electron chi connectivity index (χ1n) is 18.9. The van der Waals surface area contributed by atoms with Gasteiger partial charge in [-0.3, -0.25) is 0 Å². The molecule has 0 saturated heterocycles. The molecule has 6 nitrogen and oxygen atoms in total. The first-order valence-corrected chi connectivity index (χ1v) is 18.9. The highest BCUT2D eigenvalue weighted by Gasteiger charge is 2.60. The molecule has 1 aliphatic carbocycles. The van der Waals surface area contributed by atoms with Crippen molar-refractivity contribution in [3.05, 3.63) is 163 Å². The van der Waals surface area contributed by atoms with E-state index in [2.05, 4.69) is 181 Å². The lowest BCUT2D eigenvalue weighted by atomic mass is 9.72. The molecule has 0 amide bonds. The zero-order valence-electron chi connectivity index (χ0n) is 30.6. The molecule has 5 aromatic carbocycles. The van der Waals surface area contributed by atoms with Gasteiger partial charge in [-0.05, 0) is 66.1 Å². The van der Waals surface area contributed by atoms with Crippen molar-refractivity contribution in [3.63, 3.8) is 0 Å². The molecule has 0 radical (unpaired) electrons. The molecule has 0 fully saturated rings. The lowest BCUT2D eigenvalue weighted by molar-refractivity contribution is 0.328. The standard InChI is InChI=1S/C47H42N6/c1-29-32-22-12-14-24-34(32)52-37-27-17-16-26-36(37)50(30-18-8-6-9-19-30)44(52)39-38(29)33-23-13-15-25-35(33)53-43-42(51(45(39)53)31-20-10-7-11-21-31)48-40-41(49-43)47(4,5)28-46(40,2)3/h6-27,38-39,44-45H,1,28H2,2-5H3. The fourth-order valence-corrected chi connectivity index (χ4v) is 10.8. The van der Waals surface area contributed by atoms with Gasteiger partial charge >= 0.3 is 0 Å². The van der Waals surface area contributed by atoms with Crippen LogP contribution in [0, 0.1) is 5.92 Å². The van der Waals surface area contributed by atoms with E-state index < -0.39 is 0 Å². The minimum atomic E-state index is -0.167. The Morgan fingerprint density at radius 1 is 0.509 bits per heavy atom. The maximum atomic E-state index is 5.74. The summed E-state index contributed by atoms with van der Waals surface area (Å²) in [6, 6.07) is 48.6. The number of benzene rings is 5. The van der Waals surface area contributed by atoms with E-state index in [-0.39, 0.29) is 35.0 Å². The highest BCUT2D eigenvalue weighted by atomic mass is 15.5. The zero-order chi connectivity index (χ0) is 35.8. The molecular weight excluding hydrogens is 649 g/mol. The Labute approximate surface area is 311 Å². The van der Waals surface area contributed by atoms with Gasteiger partial charge in [0.05, 0.1) is 28.5 Å². The van der Waals surface area contributed by atoms with Crippen LogP contribution >= 0.6 is 0 Å². The van der Waals surface area contributed by atoms with E-state index >= 15 is 0 Å². The molecule has 1 aromatic heterocycles. The number of anilines is 8. The van der Waals surface area contributed by atoms with Crippen molar-refractivity contribution in [2.24, 2.45) is 5.92 Å². The van der Waals surface area contributed by atoms with Crippen molar-refractivity contribution in [2.45, 2.75) is 63.2 Å². The Hall–Kier alpha value is -5.88. The summed E-state index contributed by atoms with van der Waals surface area (Å²) >= 11 is 0. The molecule has 4 aliphatic heterocycles. The lowest BCUT2D eigenvalue weighted by Crippen LogP contribution is -2.59. The number of allylic oxidation sites excluding steroid dienone is 1. The second-order valence-corrected chi connectivity index (χ2v) is 16.6. The van der Waals surface area contributed by atoms with Gasteiger partial charge in [0, 0.05) is 45.3 Å². The Balaban J connectivity index is 1.26. The SMILES string of the molecule is C=C1c2ccccc2N2c3ccccc3N(c3ccccc3)C2C2C1c1ccccc1N1c3nc4c(nc3N(c3ccccc3)C21)C(C)(C)CC4(C)C. The van der Waals surface area contributed by atoms with E-state index in [1.807, 2.05) is 0 Å². The second-order valence-electron chi connectivity index (χ2n) is 16.6. The maximum absolute atomic E-state index is 5.74. The molecule has 5 heterocycles. The summed E-state index contributed by atoms with van der Waals surface area (Å²) in [4.78, 5) is 21.7. The van der Waals surface area contributed by atoms with Crippen molar-refractivity contribution >= 4 is 51.3 Å². The Morgan fingerprint density at radius 2 is 0.981 bits per heavy atom. The predicted molar refractivity (Wildman–Crippen MR) is 216 cm³/mol. The number of fused-ring (bicyclic) bond motifs is 15. The van der Waals surface area contributed by atoms with E-state index in [1.165, 1.54) is 39.6 Å². The largest absolute Gasteiger partial charge is 0.318 e. The third-order valence-electron chi connectivity index (χ3n) is 12.5. The van der Waals surface area contributed by atoms with Gasteiger partial charge in [0.1, 0.15) is 12.3 Å². The molecule has 53 heavy (non-hydrogen) atoms. The average Bonchev–Trinajstić information content (AvgIpc) is 3.73. The van der Waals surface area contributed by atoms with Crippen LogP contribution in [0.1, 0.15) is 62.5 Å². The highest BCUT2D eigenvalue weighted by Crippen LogP contribution is 2.65. The van der Waals surface area contributed by atoms with Crippen molar-refractivity contribution in [1.82, 2.24) is 9.97 Å². The van der Waals surface area contributed by atoms with Crippen molar-refractivity contribution < 1.29 is 0 Å². The van der Waals surface area contributed by atoms with Gasteiger partial charge in [-0.1, -0.05) is 119 Å². The summed E-state index contributed by atoms with van der Waals surface area (Å²) in [5.74, 6) is 1.84. The molecule has 0 spiro atoms. The number of rotatable bonds is 2. The first kappa shape index (κ1) is 30.7. The Morgan fingerprint density at radius 3 is 1.62 bits per heavy atom. The van der Waals surface area contributed by atoms with Crippen LogP contribution in [-0.4, -0.2) is 22.3 Å². The van der Waals surface area contributed by atoms with Crippen molar-refractivity contribution in [2.75, 3.05) is 19.6 Å². The third kappa shape index (κ3) is 4.04.